The van der Waals surface area contributed by atoms with E-state index >= 15 is 0 Å². The molecule has 0 amide bonds. The second-order valence-electron chi connectivity index (χ2n) is 3.31. The van der Waals surface area contributed by atoms with E-state index in [0.29, 0.717) is 0 Å². The van der Waals surface area contributed by atoms with E-state index in [9.17, 15) is 10.2 Å². The average Bonchev–Trinajstić information content (AvgIpc) is 1.87. The minimum atomic E-state index is -1.18. The van der Waals surface area contributed by atoms with Gasteiger partial charge < -0.3 is 15.9 Å². The topological polar surface area (TPSA) is 78.5 Å². The van der Waals surface area contributed by atoms with Crippen LogP contribution in [0.15, 0.2) is 0 Å². The van der Waals surface area contributed by atoms with Gasteiger partial charge >= 0.3 is 0 Å². The summed E-state index contributed by atoms with van der Waals surface area (Å²) in [6.45, 7) is 5.31. The molecule has 0 saturated heterocycles. The molecule has 5 N–H and O–H groups in total. The van der Waals surface area contributed by atoms with E-state index in [2.05, 4.69) is 5.32 Å². The molecule has 4 nitrogen and oxygen atoms in total. The maximum Gasteiger partial charge on any atom is 0.127 e. The molecule has 0 saturated carbocycles. The summed E-state index contributed by atoms with van der Waals surface area (Å²) >= 11 is 0. The molecule has 0 spiro atoms. The minimum Gasteiger partial charge on any atom is -0.378 e. The van der Waals surface area contributed by atoms with Crippen LogP contribution in [0.25, 0.3) is 0 Å². The Kier molecular flexibility index (Phi) is 3.96. The monoisotopic (exact) mass is 162 g/mol. The fraction of sp³-hybridized carbons (Fsp3) is 1.00. The highest BCUT2D eigenvalue weighted by molar-refractivity contribution is 4.73. The van der Waals surface area contributed by atoms with E-state index in [-0.39, 0.29) is 12.5 Å². The summed E-state index contributed by atoms with van der Waals surface area (Å²) in [5, 5.41) is 21.2. The van der Waals surface area contributed by atoms with Crippen LogP contribution >= 0.6 is 0 Å². The van der Waals surface area contributed by atoms with Crippen molar-refractivity contribution in [2.75, 3.05) is 6.54 Å². The van der Waals surface area contributed by atoms with E-state index in [1.807, 2.05) is 13.8 Å². The van der Waals surface area contributed by atoms with Gasteiger partial charge in [-0.15, -0.1) is 0 Å². The van der Waals surface area contributed by atoms with Gasteiger partial charge in [-0.25, -0.2) is 0 Å². The highest BCUT2D eigenvalue weighted by Crippen LogP contribution is 2.02. The average molecular weight is 162 g/mol. The predicted octanol–water partition coefficient (Wildman–Crippen LogP) is -0.782. The zero-order valence-electron chi connectivity index (χ0n) is 7.33. The van der Waals surface area contributed by atoms with Crippen LogP contribution in [-0.4, -0.2) is 28.7 Å². The second kappa shape index (κ2) is 4.01. The van der Waals surface area contributed by atoms with E-state index < -0.39 is 12.0 Å². The van der Waals surface area contributed by atoms with Crippen molar-refractivity contribution >= 4 is 0 Å². The smallest absolute Gasteiger partial charge is 0.127 e. The molecule has 0 fully saturated rings. The number of nitrogens with two attached hydrogens (primary N) is 1. The van der Waals surface area contributed by atoms with Crippen molar-refractivity contribution in [3.05, 3.63) is 0 Å². The molecule has 0 rings (SSSR count). The number of rotatable bonds is 4. The van der Waals surface area contributed by atoms with Crippen molar-refractivity contribution < 1.29 is 10.2 Å². The molecule has 0 aromatic rings. The molecular weight excluding hydrogens is 144 g/mol. The first-order valence-corrected chi connectivity index (χ1v) is 3.77. The summed E-state index contributed by atoms with van der Waals surface area (Å²) in [4.78, 5) is 0. The van der Waals surface area contributed by atoms with Crippen molar-refractivity contribution in [2.24, 2.45) is 11.7 Å². The van der Waals surface area contributed by atoms with E-state index in [4.69, 9.17) is 5.73 Å². The van der Waals surface area contributed by atoms with Gasteiger partial charge in [-0.05, 0) is 12.8 Å². The van der Waals surface area contributed by atoms with Crippen molar-refractivity contribution in [1.29, 1.82) is 0 Å². The van der Waals surface area contributed by atoms with Crippen LogP contribution in [-0.2, 0) is 0 Å². The van der Waals surface area contributed by atoms with Crippen LogP contribution in [0.5, 0.6) is 0 Å². The van der Waals surface area contributed by atoms with Crippen LogP contribution in [0.2, 0.25) is 0 Å². The third-order valence-corrected chi connectivity index (χ3v) is 1.49. The Balaban J connectivity index is 3.83. The Hall–Kier alpha value is -0.160. The van der Waals surface area contributed by atoms with Gasteiger partial charge in [0.05, 0.1) is 0 Å². The maximum atomic E-state index is 9.35. The van der Waals surface area contributed by atoms with Gasteiger partial charge in [0, 0.05) is 6.54 Å². The van der Waals surface area contributed by atoms with Crippen LogP contribution in [0.4, 0.5) is 0 Å². The summed E-state index contributed by atoms with van der Waals surface area (Å²) in [5.74, 6) is 0.0630. The molecule has 0 bridgehead atoms. The Bertz CT molecular complexity index is 115. The summed E-state index contributed by atoms with van der Waals surface area (Å²) in [6.07, 6.45) is -0.714. The van der Waals surface area contributed by atoms with E-state index in [0.717, 1.165) is 0 Å². The first kappa shape index (κ1) is 10.8. The van der Waals surface area contributed by atoms with Gasteiger partial charge in [0.15, 0.2) is 0 Å². The van der Waals surface area contributed by atoms with E-state index in [1.54, 1.807) is 0 Å². The van der Waals surface area contributed by atoms with Gasteiger partial charge in [0.25, 0.3) is 0 Å². The number of hydrogen-bond acceptors (Lipinski definition) is 4. The predicted molar refractivity (Wildman–Crippen MR) is 43.7 cm³/mol. The molecule has 0 aromatic carbocycles. The van der Waals surface area contributed by atoms with Gasteiger partial charge in [-0.1, -0.05) is 13.8 Å². The summed E-state index contributed by atoms with van der Waals surface area (Å²) in [5.41, 5.74) is 4.05. The van der Waals surface area contributed by atoms with Crippen LogP contribution < -0.4 is 11.1 Å². The van der Waals surface area contributed by atoms with Gasteiger partial charge in [-0.3, -0.25) is 5.32 Å². The Morgan fingerprint density at radius 3 is 2.27 bits per heavy atom. The third-order valence-electron chi connectivity index (χ3n) is 1.49. The van der Waals surface area contributed by atoms with Crippen molar-refractivity contribution in [2.45, 2.75) is 32.7 Å². The zero-order valence-corrected chi connectivity index (χ0v) is 7.33. The minimum absolute atomic E-state index is 0.0630. The fourth-order valence-corrected chi connectivity index (χ4v) is 0.544. The summed E-state index contributed by atoms with van der Waals surface area (Å²) < 4.78 is 0. The Labute approximate surface area is 67.4 Å². The number of aliphatic hydroxyl groups is 2. The molecule has 0 aliphatic rings. The number of hydrogen-bond donors (Lipinski definition) is 4. The summed E-state index contributed by atoms with van der Waals surface area (Å²) in [6, 6.07) is 0. The fourth-order valence-electron chi connectivity index (χ4n) is 0.544. The highest BCUT2D eigenvalue weighted by atomic mass is 16.3. The Morgan fingerprint density at radius 2 is 2.00 bits per heavy atom. The molecule has 0 radical (unpaired) electrons. The van der Waals surface area contributed by atoms with Crippen molar-refractivity contribution in [3.63, 3.8) is 0 Å². The highest BCUT2D eigenvalue weighted by Gasteiger charge is 2.22. The van der Waals surface area contributed by atoms with Crippen molar-refractivity contribution in [3.8, 4) is 0 Å². The lowest BCUT2D eigenvalue weighted by Gasteiger charge is -2.28. The second-order valence-corrected chi connectivity index (χ2v) is 3.31. The summed E-state index contributed by atoms with van der Waals surface area (Å²) in [7, 11) is 0. The maximum absolute atomic E-state index is 9.35. The molecule has 4 heteroatoms. The molecule has 0 aliphatic heterocycles. The molecule has 2 atom stereocenters. The normalized spacial score (nSPS) is 19.9. The molecule has 0 aliphatic carbocycles. The quantitative estimate of drug-likeness (QED) is 0.409. The third kappa shape index (κ3) is 4.31. The molecule has 2 unspecified atom stereocenters. The number of nitrogens with one attached hydrogen (secondary N) is 1. The lowest BCUT2D eigenvalue weighted by molar-refractivity contribution is -0.0414. The zero-order chi connectivity index (χ0) is 9.07. The molecule has 0 aromatic heterocycles. The van der Waals surface area contributed by atoms with Crippen LogP contribution in [0.3, 0.4) is 0 Å². The molecule has 68 valence electrons. The standard InChI is InChI=1S/C7H18N2O2/c1-5(2)6(10)9-7(3,11)4-8/h5-6,9-11H,4,8H2,1-3H3. The Morgan fingerprint density at radius 1 is 1.55 bits per heavy atom. The van der Waals surface area contributed by atoms with Gasteiger partial charge in [-0.2, -0.15) is 0 Å². The van der Waals surface area contributed by atoms with Crippen LogP contribution in [0.1, 0.15) is 20.8 Å². The van der Waals surface area contributed by atoms with Crippen LogP contribution in [0, 0.1) is 5.92 Å². The molecule has 0 heterocycles. The SMILES string of the molecule is CC(C)C(O)NC(C)(O)CN. The molecule has 11 heavy (non-hydrogen) atoms. The first-order valence-electron chi connectivity index (χ1n) is 3.77. The van der Waals surface area contributed by atoms with E-state index in [1.165, 1.54) is 6.92 Å². The number of aliphatic hydroxyl groups excluding tert-OH is 1. The van der Waals surface area contributed by atoms with Gasteiger partial charge in [0.1, 0.15) is 12.0 Å². The largest absolute Gasteiger partial charge is 0.378 e. The van der Waals surface area contributed by atoms with Gasteiger partial charge in [0.2, 0.25) is 0 Å². The lowest BCUT2D eigenvalue weighted by atomic mass is 10.1. The molecular formula is C7H18N2O2. The lowest BCUT2D eigenvalue weighted by Crippen LogP contribution is -2.54. The first-order chi connectivity index (χ1) is 4.89. The van der Waals surface area contributed by atoms with Crippen molar-refractivity contribution in [1.82, 2.24) is 5.32 Å².